The second kappa shape index (κ2) is 4.91. The van der Waals surface area contributed by atoms with Gasteiger partial charge in [-0.25, -0.2) is 4.68 Å². The first-order valence-corrected chi connectivity index (χ1v) is 6.95. The first kappa shape index (κ1) is 12.8. The standard InChI is InChI=1S/C12H14N2O3S/c1-3-17-18(15,16)12-6-5-10(2)9-11(12)14-8-4-7-13-14/h4-9H,3H2,1-2H3. The number of rotatable bonds is 4. The predicted octanol–water partition coefficient (Wildman–Crippen LogP) is 1.91. The zero-order valence-electron chi connectivity index (χ0n) is 10.2. The van der Waals surface area contributed by atoms with Crippen molar-refractivity contribution >= 4 is 10.1 Å². The largest absolute Gasteiger partial charge is 0.299 e. The summed E-state index contributed by atoms with van der Waals surface area (Å²) in [5, 5.41) is 4.06. The molecule has 6 heteroatoms. The highest BCUT2D eigenvalue weighted by Gasteiger charge is 2.20. The molecule has 2 aromatic rings. The van der Waals surface area contributed by atoms with E-state index in [-0.39, 0.29) is 11.5 Å². The molecule has 0 radical (unpaired) electrons. The molecule has 0 N–H and O–H groups in total. The summed E-state index contributed by atoms with van der Waals surface area (Å²) in [4.78, 5) is 0.124. The molecule has 0 aliphatic rings. The molecule has 18 heavy (non-hydrogen) atoms. The van der Waals surface area contributed by atoms with Gasteiger partial charge in [-0.3, -0.25) is 4.18 Å². The topological polar surface area (TPSA) is 61.2 Å². The molecule has 0 saturated carbocycles. The quantitative estimate of drug-likeness (QED) is 0.793. The maximum atomic E-state index is 12.0. The lowest BCUT2D eigenvalue weighted by Crippen LogP contribution is -2.10. The summed E-state index contributed by atoms with van der Waals surface area (Å²) in [5.74, 6) is 0. The number of hydrogen-bond donors (Lipinski definition) is 0. The van der Waals surface area contributed by atoms with Gasteiger partial charge in [0.05, 0.1) is 12.3 Å². The minimum atomic E-state index is -3.74. The fourth-order valence-corrected chi connectivity index (χ4v) is 2.73. The van der Waals surface area contributed by atoms with Crippen LogP contribution in [0.5, 0.6) is 0 Å². The number of hydrogen-bond acceptors (Lipinski definition) is 4. The Labute approximate surface area is 106 Å². The van der Waals surface area contributed by atoms with E-state index in [1.54, 1.807) is 37.5 Å². The molecular weight excluding hydrogens is 252 g/mol. The maximum absolute atomic E-state index is 12.0. The third kappa shape index (κ3) is 2.44. The van der Waals surface area contributed by atoms with E-state index >= 15 is 0 Å². The van der Waals surface area contributed by atoms with Crippen LogP contribution < -0.4 is 0 Å². The second-order valence-corrected chi connectivity index (χ2v) is 5.37. The fraction of sp³-hybridized carbons (Fsp3) is 0.250. The molecule has 1 heterocycles. The second-order valence-electron chi connectivity index (χ2n) is 3.78. The first-order valence-electron chi connectivity index (χ1n) is 5.54. The van der Waals surface area contributed by atoms with E-state index in [2.05, 4.69) is 5.10 Å². The zero-order chi connectivity index (χ0) is 13.2. The monoisotopic (exact) mass is 266 g/mol. The number of aryl methyl sites for hydroxylation is 1. The molecule has 1 aromatic heterocycles. The summed E-state index contributed by atoms with van der Waals surface area (Å²) < 4.78 is 30.3. The van der Waals surface area contributed by atoms with Gasteiger partial charge in [0, 0.05) is 12.4 Å². The van der Waals surface area contributed by atoms with Gasteiger partial charge in [-0.2, -0.15) is 13.5 Å². The van der Waals surface area contributed by atoms with Crippen LogP contribution in [0.3, 0.4) is 0 Å². The van der Waals surface area contributed by atoms with Gasteiger partial charge in [-0.05, 0) is 37.6 Å². The summed E-state index contributed by atoms with van der Waals surface area (Å²) in [5.41, 5.74) is 1.45. The molecule has 0 bridgehead atoms. The van der Waals surface area contributed by atoms with Gasteiger partial charge in [-0.15, -0.1) is 0 Å². The van der Waals surface area contributed by atoms with Crippen LogP contribution in [-0.4, -0.2) is 24.8 Å². The van der Waals surface area contributed by atoms with Gasteiger partial charge in [0.2, 0.25) is 0 Å². The van der Waals surface area contributed by atoms with Crippen LogP contribution in [0.4, 0.5) is 0 Å². The lowest BCUT2D eigenvalue weighted by molar-refractivity contribution is 0.338. The van der Waals surface area contributed by atoms with E-state index in [4.69, 9.17) is 4.18 Å². The summed E-state index contributed by atoms with van der Waals surface area (Å²) in [6.45, 7) is 3.64. The van der Waals surface area contributed by atoms with Crippen molar-refractivity contribution in [1.29, 1.82) is 0 Å². The van der Waals surface area contributed by atoms with Crippen molar-refractivity contribution in [2.24, 2.45) is 0 Å². The Morgan fingerprint density at radius 1 is 1.39 bits per heavy atom. The lowest BCUT2D eigenvalue weighted by atomic mass is 10.2. The average molecular weight is 266 g/mol. The Kier molecular flexibility index (Phi) is 3.49. The van der Waals surface area contributed by atoms with Crippen molar-refractivity contribution in [2.45, 2.75) is 18.7 Å². The van der Waals surface area contributed by atoms with Crippen molar-refractivity contribution in [3.63, 3.8) is 0 Å². The van der Waals surface area contributed by atoms with E-state index in [0.29, 0.717) is 5.69 Å². The molecule has 0 unspecified atom stereocenters. The summed E-state index contributed by atoms with van der Waals surface area (Å²) in [6, 6.07) is 6.77. The average Bonchev–Trinajstić information content (AvgIpc) is 2.81. The van der Waals surface area contributed by atoms with Crippen LogP contribution in [0.25, 0.3) is 5.69 Å². The van der Waals surface area contributed by atoms with Gasteiger partial charge in [0.15, 0.2) is 0 Å². The van der Waals surface area contributed by atoms with E-state index < -0.39 is 10.1 Å². The van der Waals surface area contributed by atoms with E-state index in [1.807, 2.05) is 6.92 Å². The van der Waals surface area contributed by atoms with Crippen LogP contribution in [0.1, 0.15) is 12.5 Å². The van der Waals surface area contributed by atoms with Gasteiger partial charge in [0.25, 0.3) is 10.1 Å². The van der Waals surface area contributed by atoms with Crippen molar-refractivity contribution in [3.05, 3.63) is 42.2 Å². The Morgan fingerprint density at radius 2 is 2.17 bits per heavy atom. The third-order valence-electron chi connectivity index (χ3n) is 2.41. The zero-order valence-corrected chi connectivity index (χ0v) is 11.0. The van der Waals surface area contributed by atoms with Crippen LogP contribution in [-0.2, 0) is 14.3 Å². The Morgan fingerprint density at radius 3 is 2.78 bits per heavy atom. The molecule has 0 saturated heterocycles. The highest BCUT2D eigenvalue weighted by molar-refractivity contribution is 7.86. The molecule has 0 aliphatic carbocycles. The molecular formula is C12H14N2O3S. The number of benzene rings is 1. The van der Waals surface area contributed by atoms with Gasteiger partial charge in [-0.1, -0.05) is 6.07 Å². The Bertz CT molecular complexity index is 633. The van der Waals surface area contributed by atoms with E-state index in [1.165, 1.54) is 10.7 Å². The molecule has 0 atom stereocenters. The van der Waals surface area contributed by atoms with Crippen molar-refractivity contribution in [1.82, 2.24) is 9.78 Å². The van der Waals surface area contributed by atoms with E-state index in [0.717, 1.165) is 5.56 Å². The maximum Gasteiger partial charge on any atom is 0.299 e. The third-order valence-corrected chi connectivity index (χ3v) is 3.84. The highest BCUT2D eigenvalue weighted by atomic mass is 32.2. The molecule has 0 spiro atoms. The number of nitrogens with zero attached hydrogens (tertiary/aromatic N) is 2. The van der Waals surface area contributed by atoms with Crippen LogP contribution in [0.2, 0.25) is 0 Å². The van der Waals surface area contributed by atoms with Crippen molar-refractivity contribution in [2.75, 3.05) is 6.61 Å². The molecule has 0 amide bonds. The van der Waals surface area contributed by atoms with Crippen LogP contribution in [0, 0.1) is 6.92 Å². The van der Waals surface area contributed by atoms with Gasteiger partial charge in [0.1, 0.15) is 4.90 Å². The van der Waals surface area contributed by atoms with Crippen molar-refractivity contribution < 1.29 is 12.6 Å². The van der Waals surface area contributed by atoms with Gasteiger partial charge >= 0.3 is 0 Å². The normalized spacial score (nSPS) is 11.7. The molecule has 0 aliphatic heterocycles. The van der Waals surface area contributed by atoms with Crippen LogP contribution >= 0.6 is 0 Å². The van der Waals surface area contributed by atoms with Crippen molar-refractivity contribution in [3.8, 4) is 5.69 Å². The number of aromatic nitrogens is 2. The molecule has 0 fully saturated rings. The fourth-order valence-electron chi connectivity index (χ4n) is 1.65. The molecule has 1 aromatic carbocycles. The smallest absolute Gasteiger partial charge is 0.267 e. The first-order chi connectivity index (χ1) is 8.54. The van der Waals surface area contributed by atoms with E-state index in [9.17, 15) is 8.42 Å². The Hall–Kier alpha value is -1.66. The molecule has 2 rings (SSSR count). The molecule has 5 nitrogen and oxygen atoms in total. The SMILES string of the molecule is CCOS(=O)(=O)c1ccc(C)cc1-n1cccn1. The van der Waals surface area contributed by atoms with Crippen LogP contribution in [0.15, 0.2) is 41.6 Å². The van der Waals surface area contributed by atoms with Gasteiger partial charge < -0.3 is 0 Å². The highest BCUT2D eigenvalue weighted by Crippen LogP contribution is 2.22. The summed E-state index contributed by atoms with van der Waals surface area (Å²) in [7, 11) is -3.74. The Balaban J connectivity index is 2.62. The minimum Gasteiger partial charge on any atom is -0.267 e. The molecule has 96 valence electrons. The summed E-state index contributed by atoms with van der Waals surface area (Å²) >= 11 is 0. The summed E-state index contributed by atoms with van der Waals surface area (Å²) in [6.07, 6.45) is 3.29. The predicted molar refractivity (Wildman–Crippen MR) is 67.1 cm³/mol. The minimum absolute atomic E-state index is 0.106. The lowest BCUT2D eigenvalue weighted by Gasteiger charge is -2.10.